The molecule has 0 amide bonds. The van der Waals surface area contributed by atoms with Crippen LogP contribution in [0.4, 0.5) is 0 Å². The fourth-order valence-corrected chi connectivity index (χ4v) is 4.83. The Morgan fingerprint density at radius 3 is 2.37 bits per heavy atom. The van der Waals surface area contributed by atoms with Crippen molar-refractivity contribution in [3.63, 3.8) is 0 Å². The summed E-state index contributed by atoms with van der Waals surface area (Å²) in [5.74, 6) is 0.993. The van der Waals surface area contributed by atoms with Crippen LogP contribution >= 0.6 is 39.9 Å². The Balaban J connectivity index is 2.61. The lowest BCUT2D eigenvalue weighted by atomic mass is 9.80. The van der Waals surface area contributed by atoms with Crippen LogP contribution in [0.25, 0.3) is 0 Å². The smallest absolute Gasteiger partial charge is 0.0325 e. The van der Waals surface area contributed by atoms with Crippen molar-refractivity contribution in [1.82, 2.24) is 4.90 Å². The molecule has 0 aliphatic carbocycles. The summed E-state index contributed by atoms with van der Waals surface area (Å²) in [5, 5.41) is 2.16. The predicted molar refractivity (Wildman–Crippen MR) is 94.5 cm³/mol. The largest absolute Gasteiger partial charge is 0.301 e. The molecule has 0 saturated heterocycles. The number of halogens is 1. The molecule has 0 atom stereocenters. The predicted octanol–water partition coefficient (Wildman–Crippen LogP) is 5.46. The van der Waals surface area contributed by atoms with Crippen LogP contribution in [0.1, 0.15) is 44.4 Å². The van der Waals surface area contributed by atoms with Gasteiger partial charge in [-0.3, -0.25) is 0 Å². The van der Waals surface area contributed by atoms with Gasteiger partial charge in [0.2, 0.25) is 0 Å². The molecule has 0 saturated carbocycles. The van der Waals surface area contributed by atoms with E-state index in [4.69, 9.17) is 0 Å². The molecule has 0 radical (unpaired) electrons. The average Bonchev–Trinajstić information content (AvgIpc) is 2.75. The lowest BCUT2D eigenvalue weighted by molar-refractivity contribution is 0.166. The van der Waals surface area contributed by atoms with Crippen molar-refractivity contribution in [1.29, 1.82) is 0 Å². The number of thiol groups is 1. The van der Waals surface area contributed by atoms with Crippen molar-refractivity contribution in [2.24, 2.45) is 5.41 Å². The number of nitrogens with zero attached hydrogens (tertiary/aromatic N) is 1. The first-order valence-electron chi connectivity index (χ1n) is 7.07. The van der Waals surface area contributed by atoms with Crippen LogP contribution in [-0.2, 0) is 6.54 Å². The van der Waals surface area contributed by atoms with Gasteiger partial charge in [-0.2, -0.15) is 12.6 Å². The summed E-state index contributed by atoms with van der Waals surface area (Å²) in [6, 6.07) is 2.23. The molecule has 1 rings (SSSR count). The van der Waals surface area contributed by atoms with Crippen molar-refractivity contribution < 1.29 is 0 Å². The Hall–Kier alpha value is 0.490. The first-order valence-corrected chi connectivity index (χ1v) is 9.38. The molecule has 0 fully saturated rings. The van der Waals surface area contributed by atoms with E-state index < -0.39 is 0 Å². The zero-order valence-corrected chi connectivity index (χ0v) is 15.6. The Morgan fingerprint density at radius 1 is 1.32 bits per heavy atom. The maximum absolute atomic E-state index is 4.64. The summed E-state index contributed by atoms with van der Waals surface area (Å²) < 4.78 is 1.20. The van der Waals surface area contributed by atoms with E-state index in [1.807, 2.05) is 11.3 Å². The van der Waals surface area contributed by atoms with Crippen molar-refractivity contribution in [2.75, 3.05) is 19.3 Å². The number of rotatable bonds is 9. The molecule has 0 aromatic carbocycles. The Morgan fingerprint density at radius 2 is 1.95 bits per heavy atom. The quantitative estimate of drug-likeness (QED) is 0.570. The second kappa shape index (κ2) is 8.71. The van der Waals surface area contributed by atoms with Gasteiger partial charge in [-0.05, 0) is 53.1 Å². The van der Waals surface area contributed by atoms with Crippen molar-refractivity contribution in [3.05, 3.63) is 20.8 Å². The summed E-state index contributed by atoms with van der Waals surface area (Å²) in [6.45, 7) is 6.75. The summed E-state index contributed by atoms with van der Waals surface area (Å²) in [6.07, 6.45) is 5.06. The van der Waals surface area contributed by atoms with Gasteiger partial charge < -0.3 is 4.90 Å². The fraction of sp³-hybridized carbons (Fsp3) is 0.733. The third kappa shape index (κ3) is 5.78. The van der Waals surface area contributed by atoms with Crippen LogP contribution in [0.5, 0.6) is 0 Å². The maximum Gasteiger partial charge on any atom is 0.0325 e. The van der Waals surface area contributed by atoms with Gasteiger partial charge in [-0.1, -0.05) is 26.7 Å². The van der Waals surface area contributed by atoms with E-state index in [-0.39, 0.29) is 0 Å². The topological polar surface area (TPSA) is 3.24 Å². The van der Waals surface area contributed by atoms with Gasteiger partial charge in [-0.25, -0.2) is 0 Å². The van der Waals surface area contributed by atoms with Crippen molar-refractivity contribution in [3.8, 4) is 0 Å². The first kappa shape index (κ1) is 17.5. The van der Waals surface area contributed by atoms with Gasteiger partial charge in [-0.15, -0.1) is 11.3 Å². The molecular weight excluding hydrogens is 338 g/mol. The van der Waals surface area contributed by atoms with E-state index in [0.717, 1.165) is 18.8 Å². The van der Waals surface area contributed by atoms with E-state index in [1.54, 1.807) is 0 Å². The molecule has 1 aromatic heterocycles. The molecule has 0 aliphatic rings. The lowest BCUT2D eigenvalue weighted by Crippen LogP contribution is -2.36. The Kier molecular flexibility index (Phi) is 8.04. The maximum atomic E-state index is 4.64. The van der Waals surface area contributed by atoms with Crippen molar-refractivity contribution in [2.45, 2.75) is 46.1 Å². The molecule has 19 heavy (non-hydrogen) atoms. The molecule has 0 aliphatic heterocycles. The number of thiophene rings is 1. The van der Waals surface area contributed by atoms with Crippen LogP contribution in [-0.4, -0.2) is 24.2 Å². The third-order valence-corrected chi connectivity index (χ3v) is 5.90. The molecule has 1 nitrogen and oxygen atoms in total. The minimum absolute atomic E-state index is 0.385. The minimum atomic E-state index is 0.385. The zero-order chi connectivity index (χ0) is 14.3. The summed E-state index contributed by atoms with van der Waals surface area (Å²) >= 11 is 10.00. The average molecular weight is 364 g/mol. The molecule has 4 heteroatoms. The minimum Gasteiger partial charge on any atom is -0.301 e. The highest BCUT2D eigenvalue weighted by Gasteiger charge is 2.28. The molecule has 0 unspecified atom stereocenters. The van der Waals surface area contributed by atoms with Crippen LogP contribution in [0.15, 0.2) is 15.9 Å². The summed E-state index contributed by atoms with van der Waals surface area (Å²) in [5.41, 5.74) is 0.385. The molecule has 1 heterocycles. The van der Waals surface area contributed by atoms with E-state index in [1.165, 1.54) is 35.0 Å². The van der Waals surface area contributed by atoms with Gasteiger partial charge in [0, 0.05) is 27.8 Å². The molecular formula is C15H26BrNS2. The summed E-state index contributed by atoms with van der Waals surface area (Å²) in [4.78, 5) is 3.88. The van der Waals surface area contributed by atoms with Crippen molar-refractivity contribution >= 4 is 39.9 Å². The highest BCUT2D eigenvalue weighted by atomic mass is 79.9. The van der Waals surface area contributed by atoms with Gasteiger partial charge in [0.25, 0.3) is 0 Å². The van der Waals surface area contributed by atoms with Crippen LogP contribution in [0.3, 0.4) is 0 Å². The molecule has 110 valence electrons. The normalized spacial score (nSPS) is 12.3. The van der Waals surface area contributed by atoms with E-state index in [0.29, 0.717) is 5.41 Å². The molecule has 0 bridgehead atoms. The standard InChI is InChI=1S/C15H26BrNS2/c1-4-6-15(12-18,7-5-2)11-17(3)9-14-8-13(16)10-19-14/h8,10,18H,4-7,9,11-12H2,1-3H3. The van der Waals surface area contributed by atoms with Crippen LogP contribution < -0.4 is 0 Å². The van der Waals surface area contributed by atoms with Gasteiger partial charge >= 0.3 is 0 Å². The number of hydrogen-bond donors (Lipinski definition) is 1. The van der Waals surface area contributed by atoms with E-state index in [2.05, 4.69) is 65.8 Å². The van der Waals surface area contributed by atoms with Gasteiger partial charge in [0.15, 0.2) is 0 Å². The van der Waals surface area contributed by atoms with Gasteiger partial charge in [0.1, 0.15) is 0 Å². The zero-order valence-electron chi connectivity index (χ0n) is 12.3. The SMILES string of the molecule is CCCC(CS)(CCC)CN(C)Cc1cc(Br)cs1. The Bertz CT molecular complexity index is 359. The van der Waals surface area contributed by atoms with Gasteiger partial charge in [0.05, 0.1) is 0 Å². The van der Waals surface area contributed by atoms with Crippen LogP contribution in [0.2, 0.25) is 0 Å². The first-order chi connectivity index (χ1) is 9.05. The summed E-state index contributed by atoms with van der Waals surface area (Å²) in [7, 11) is 2.23. The third-order valence-electron chi connectivity index (χ3n) is 3.55. The van der Waals surface area contributed by atoms with E-state index in [9.17, 15) is 0 Å². The fourth-order valence-electron chi connectivity index (χ4n) is 2.88. The Labute approximate surface area is 136 Å². The monoisotopic (exact) mass is 363 g/mol. The molecule has 1 aromatic rings. The van der Waals surface area contributed by atoms with Crippen LogP contribution in [0, 0.1) is 5.41 Å². The molecule has 0 spiro atoms. The highest BCUT2D eigenvalue weighted by molar-refractivity contribution is 9.10. The van der Waals surface area contributed by atoms with E-state index >= 15 is 0 Å². The second-order valence-electron chi connectivity index (χ2n) is 5.56. The highest BCUT2D eigenvalue weighted by Crippen LogP contribution is 2.33. The number of hydrogen-bond acceptors (Lipinski definition) is 3. The molecule has 0 N–H and O–H groups in total. The lowest BCUT2D eigenvalue weighted by Gasteiger charge is -2.36. The second-order valence-corrected chi connectivity index (χ2v) is 7.79.